The summed E-state index contributed by atoms with van der Waals surface area (Å²) in [7, 11) is 0. The molecular weight excluding hydrogens is 270 g/mol. The smallest absolute Gasteiger partial charge is 0.236 e. The number of amides is 2. The minimum absolute atomic E-state index is 0.0329. The molecule has 1 aromatic rings. The van der Waals surface area contributed by atoms with Crippen LogP contribution in [-0.4, -0.2) is 34.8 Å². The standard InChI is InChI=1S/C16H19NO2S/c18-14-11-16(8-10-20-12-16)15(19)17(14)9-4-7-13-5-2-1-3-6-13/h1-3,5-6H,4,7-12H2. The largest absolute Gasteiger partial charge is 0.282 e. The van der Waals surface area contributed by atoms with E-state index in [1.807, 2.05) is 18.2 Å². The van der Waals surface area contributed by atoms with Crippen molar-refractivity contribution in [1.82, 2.24) is 4.90 Å². The summed E-state index contributed by atoms with van der Waals surface area (Å²) in [5, 5.41) is 0. The van der Waals surface area contributed by atoms with Gasteiger partial charge in [0.25, 0.3) is 0 Å². The van der Waals surface area contributed by atoms with E-state index >= 15 is 0 Å². The number of rotatable bonds is 4. The molecule has 3 nitrogen and oxygen atoms in total. The van der Waals surface area contributed by atoms with Gasteiger partial charge in [0.15, 0.2) is 0 Å². The highest BCUT2D eigenvalue weighted by Gasteiger charge is 2.52. The maximum absolute atomic E-state index is 12.5. The number of benzene rings is 1. The molecule has 1 atom stereocenters. The minimum Gasteiger partial charge on any atom is -0.282 e. The topological polar surface area (TPSA) is 37.4 Å². The van der Waals surface area contributed by atoms with Gasteiger partial charge in [0, 0.05) is 18.7 Å². The second-order valence-corrected chi connectivity index (χ2v) is 6.80. The summed E-state index contributed by atoms with van der Waals surface area (Å²) in [6.45, 7) is 0.568. The number of hydrogen-bond acceptors (Lipinski definition) is 3. The summed E-state index contributed by atoms with van der Waals surface area (Å²) >= 11 is 1.80. The molecule has 2 fully saturated rings. The molecule has 1 spiro atoms. The molecule has 0 radical (unpaired) electrons. The first-order valence-corrected chi connectivity index (χ1v) is 8.33. The van der Waals surface area contributed by atoms with Gasteiger partial charge < -0.3 is 0 Å². The van der Waals surface area contributed by atoms with Crippen LogP contribution in [0.1, 0.15) is 24.8 Å². The summed E-state index contributed by atoms with van der Waals surface area (Å²) in [5.41, 5.74) is 0.909. The van der Waals surface area contributed by atoms with E-state index in [0.29, 0.717) is 13.0 Å². The maximum Gasteiger partial charge on any atom is 0.236 e. The van der Waals surface area contributed by atoms with Crippen LogP contribution < -0.4 is 0 Å². The third kappa shape index (κ3) is 2.49. The Morgan fingerprint density at radius 3 is 2.70 bits per heavy atom. The van der Waals surface area contributed by atoms with Crippen molar-refractivity contribution in [2.24, 2.45) is 5.41 Å². The summed E-state index contributed by atoms with van der Waals surface area (Å²) < 4.78 is 0. The molecule has 2 heterocycles. The van der Waals surface area contributed by atoms with Gasteiger partial charge in [-0.3, -0.25) is 14.5 Å². The number of nitrogens with zero attached hydrogens (tertiary/aromatic N) is 1. The summed E-state index contributed by atoms with van der Waals surface area (Å²) in [6.07, 6.45) is 3.08. The van der Waals surface area contributed by atoms with Crippen LogP contribution in [-0.2, 0) is 16.0 Å². The lowest BCUT2D eigenvalue weighted by molar-refractivity contribution is -0.141. The molecule has 2 saturated heterocycles. The molecular formula is C16H19NO2S. The molecule has 3 rings (SSSR count). The van der Waals surface area contributed by atoms with E-state index in [4.69, 9.17) is 0 Å². The Morgan fingerprint density at radius 2 is 2.00 bits per heavy atom. The second kappa shape index (κ2) is 5.60. The number of hydrogen-bond donors (Lipinski definition) is 0. The fourth-order valence-electron chi connectivity index (χ4n) is 3.09. The van der Waals surface area contributed by atoms with Crippen LogP contribution in [0.4, 0.5) is 0 Å². The highest BCUT2D eigenvalue weighted by Crippen LogP contribution is 2.44. The van der Waals surface area contributed by atoms with Crippen molar-refractivity contribution in [3.63, 3.8) is 0 Å². The quantitative estimate of drug-likeness (QED) is 0.799. The zero-order valence-electron chi connectivity index (χ0n) is 11.5. The van der Waals surface area contributed by atoms with Crippen molar-refractivity contribution >= 4 is 23.6 Å². The van der Waals surface area contributed by atoms with Crippen molar-refractivity contribution in [2.45, 2.75) is 25.7 Å². The van der Waals surface area contributed by atoms with Crippen LogP contribution in [0.25, 0.3) is 0 Å². The van der Waals surface area contributed by atoms with Gasteiger partial charge in [0.2, 0.25) is 11.8 Å². The van der Waals surface area contributed by atoms with Crippen LogP contribution in [0.15, 0.2) is 30.3 Å². The molecule has 0 N–H and O–H groups in total. The monoisotopic (exact) mass is 289 g/mol. The summed E-state index contributed by atoms with van der Waals surface area (Å²) in [4.78, 5) is 26.1. The lowest BCUT2D eigenvalue weighted by Crippen LogP contribution is -2.36. The summed E-state index contributed by atoms with van der Waals surface area (Å²) in [5.74, 6) is 1.95. The fourth-order valence-corrected chi connectivity index (χ4v) is 4.53. The van der Waals surface area contributed by atoms with Gasteiger partial charge in [0.1, 0.15) is 0 Å². The first-order chi connectivity index (χ1) is 9.71. The predicted molar refractivity (Wildman–Crippen MR) is 80.5 cm³/mol. The molecule has 1 unspecified atom stereocenters. The van der Waals surface area contributed by atoms with Crippen LogP contribution in [0, 0.1) is 5.41 Å². The van der Waals surface area contributed by atoms with E-state index in [1.165, 1.54) is 10.5 Å². The van der Waals surface area contributed by atoms with E-state index in [0.717, 1.165) is 30.8 Å². The zero-order valence-corrected chi connectivity index (χ0v) is 12.3. The van der Waals surface area contributed by atoms with Gasteiger partial charge >= 0.3 is 0 Å². The number of aryl methyl sites for hydroxylation is 1. The molecule has 2 aliphatic heterocycles. The Labute approximate surface area is 123 Å². The van der Waals surface area contributed by atoms with E-state index in [1.54, 1.807) is 11.8 Å². The van der Waals surface area contributed by atoms with Gasteiger partial charge in [-0.25, -0.2) is 0 Å². The SMILES string of the molecule is O=C1CC2(CCSC2)C(=O)N1CCCc1ccccc1. The van der Waals surface area contributed by atoms with Crippen molar-refractivity contribution in [3.8, 4) is 0 Å². The molecule has 1 aromatic carbocycles. The lowest BCUT2D eigenvalue weighted by atomic mass is 9.86. The van der Waals surface area contributed by atoms with E-state index in [2.05, 4.69) is 12.1 Å². The van der Waals surface area contributed by atoms with Gasteiger partial charge in [-0.2, -0.15) is 11.8 Å². The molecule has 0 aromatic heterocycles. The Kier molecular flexibility index (Phi) is 3.83. The fraction of sp³-hybridized carbons (Fsp3) is 0.500. The molecule has 2 amide bonds. The molecule has 20 heavy (non-hydrogen) atoms. The van der Waals surface area contributed by atoms with Crippen LogP contribution >= 0.6 is 11.8 Å². The number of carbonyl (C=O) groups is 2. The Hall–Kier alpha value is -1.29. The Bertz CT molecular complexity index is 508. The van der Waals surface area contributed by atoms with Crippen molar-refractivity contribution < 1.29 is 9.59 Å². The van der Waals surface area contributed by atoms with Gasteiger partial charge in [-0.1, -0.05) is 30.3 Å². The molecule has 0 bridgehead atoms. The molecule has 2 aliphatic rings. The zero-order chi connectivity index (χ0) is 14.0. The number of carbonyl (C=O) groups excluding carboxylic acids is 2. The Morgan fingerprint density at radius 1 is 1.20 bits per heavy atom. The average Bonchev–Trinajstić information content (AvgIpc) is 3.01. The number of imide groups is 1. The number of likely N-dealkylation sites (tertiary alicyclic amines) is 1. The van der Waals surface area contributed by atoms with Gasteiger partial charge in [-0.15, -0.1) is 0 Å². The van der Waals surface area contributed by atoms with Crippen molar-refractivity contribution in [2.75, 3.05) is 18.1 Å². The van der Waals surface area contributed by atoms with Crippen LogP contribution in [0.3, 0.4) is 0 Å². The second-order valence-electron chi connectivity index (χ2n) is 5.70. The Balaban J connectivity index is 1.58. The van der Waals surface area contributed by atoms with E-state index < -0.39 is 0 Å². The minimum atomic E-state index is -0.353. The highest BCUT2D eigenvalue weighted by molar-refractivity contribution is 7.99. The predicted octanol–water partition coefficient (Wildman–Crippen LogP) is 2.50. The molecule has 106 valence electrons. The van der Waals surface area contributed by atoms with Gasteiger partial charge in [0.05, 0.1) is 5.41 Å². The first kappa shape index (κ1) is 13.7. The third-order valence-electron chi connectivity index (χ3n) is 4.28. The van der Waals surface area contributed by atoms with E-state index in [-0.39, 0.29) is 17.2 Å². The van der Waals surface area contributed by atoms with Gasteiger partial charge in [-0.05, 0) is 30.6 Å². The summed E-state index contributed by atoms with van der Waals surface area (Å²) in [6, 6.07) is 10.2. The van der Waals surface area contributed by atoms with Crippen LogP contribution in [0.2, 0.25) is 0 Å². The van der Waals surface area contributed by atoms with Crippen molar-refractivity contribution in [1.29, 1.82) is 0 Å². The average molecular weight is 289 g/mol. The molecule has 0 saturated carbocycles. The molecule has 0 aliphatic carbocycles. The van der Waals surface area contributed by atoms with E-state index in [9.17, 15) is 9.59 Å². The third-order valence-corrected chi connectivity index (χ3v) is 5.53. The highest BCUT2D eigenvalue weighted by atomic mass is 32.2. The van der Waals surface area contributed by atoms with Crippen LogP contribution in [0.5, 0.6) is 0 Å². The first-order valence-electron chi connectivity index (χ1n) is 7.18. The lowest BCUT2D eigenvalue weighted by Gasteiger charge is -2.20. The number of thioether (sulfide) groups is 1. The van der Waals surface area contributed by atoms with Crippen molar-refractivity contribution in [3.05, 3.63) is 35.9 Å². The molecule has 4 heteroatoms. The normalized spacial score (nSPS) is 25.9. The maximum atomic E-state index is 12.5.